The SMILES string of the molecule is Cc1ccc(Cl)cc1NC(=O)c1cccc(C(=O)NC2CCCC2)n1. The van der Waals surface area contributed by atoms with Crippen molar-refractivity contribution in [2.24, 2.45) is 0 Å². The van der Waals surface area contributed by atoms with Gasteiger partial charge in [-0.15, -0.1) is 0 Å². The Bertz CT molecular complexity index is 801. The molecule has 2 amide bonds. The summed E-state index contributed by atoms with van der Waals surface area (Å²) in [6.45, 7) is 1.88. The van der Waals surface area contributed by atoms with Crippen LogP contribution in [0.3, 0.4) is 0 Å². The molecule has 1 heterocycles. The fourth-order valence-corrected chi connectivity index (χ4v) is 3.10. The van der Waals surface area contributed by atoms with E-state index in [0.29, 0.717) is 10.7 Å². The highest BCUT2D eigenvalue weighted by molar-refractivity contribution is 6.31. The second kappa shape index (κ2) is 7.66. The van der Waals surface area contributed by atoms with Gasteiger partial charge in [0.15, 0.2) is 0 Å². The van der Waals surface area contributed by atoms with E-state index in [9.17, 15) is 9.59 Å². The number of carbonyl (C=O) groups is 2. The van der Waals surface area contributed by atoms with E-state index in [-0.39, 0.29) is 29.2 Å². The second-order valence-electron chi connectivity index (χ2n) is 6.28. The van der Waals surface area contributed by atoms with Crippen LogP contribution >= 0.6 is 11.6 Å². The highest BCUT2D eigenvalue weighted by Gasteiger charge is 2.19. The summed E-state index contributed by atoms with van der Waals surface area (Å²) < 4.78 is 0. The molecule has 25 heavy (non-hydrogen) atoms. The fraction of sp³-hybridized carbons (Fsp3) is 0.316. The molecule has 0 bridgehead atoms. The molecule has 0 atom stereocenters. The first-order valence-corrected chi connectivity index (χ1v) is 8.76. The Morgan fingerprint density at radius 2 is 1.76 bits per heavy atom. The van der Waals surface area contributed by atoms with E-state index in [1.165, 1.54) is 0 Å². The molecule has 1 aliphatic rings. The smallest absolute Gasteiger partial charge is 0.274 e. The molecule has 0 unspecified atom stereocenters. The van der Waals surface area contributed by atoms with Crippen molar-refractivity contribution in [1.29, 1.82) is 0 Å². The molecule has 5 nitrogen and oxygen atoms in total. The van der Waals surface area contributed by atoms with Crippen molar-refractivity contribution >= 4 is 29.1 Å². The molecular formula is C19H20ClN3O2. The van der Waals surface area contributed by atoms with E-state index in [4.69, 9.17) is 11.6 Å². The number of halogens is 1. The van der Waals surface area contributed by atoms with E-state index in [0.717, 1.165) is 31.2 Å². The standard InChI is InChI=1S/C19H20ClN3O2/c1-12-9-10-13(20)11-17(12)23-19(25)16-8-4-7-15(22-16)18(24)21-14-5-2-3-6-14/h4,7-11,14H,2-3,5-6H2,1H3,(H,21,24)(H,23,25). The number of nitrogens with zero attached hydrogens (tertiary/aromatic N) is 1. The number of carbonyl (C=O) groups excluding carboxylic acids is 2. The van der Waals surface area contributed by atoms with E-state index in [2.05, 4.69) is 15.6 Å². The first kappa shape index (κ1) is 17.4. The Balaban J connectivity index is 1.72. The van der Waals surface area contributed by atoms with Crippen LogP contribution in [0, 0.1) is 6.92 Å². The lowest BCUT2D eigenvalue weighted by Crippen LogP contribution is -2.33. The molecule has 0 saturated heterocycles. The van der Waals surface area contributed by atoms with E-state index in [1.54, 1.807) is 30.3 Å². The van der Waals surface area contributed by atoms with Gasteiger partial charge < -0.3 is 10.6 Å². The van der Waals surface area contributed by atoms with Gasteiger partial charge in [0.1, 0.15) is 11.4 Å². The topological polar surface area (TPSA) is 71.1 Å². The number of nitrogens with one attached hydrogen (secondary N) is 2. The Kier molecular flexibility index (Phi) is 5.34. The first-order chi connectivity index (χ1) is 12.0. The average molecular weight is 358 g/mol. The zero-order chi connectivity index (χ0) is 17.8. The maximum absolute atomic E-state index is 12.4. The summed E-state index contributed by atoms with van der Waals surface area (Å²) in [5, 5.41) is 6.31. The predicted octanol–water partition coefficient (Wildman–Crippen LogP) is 3.97. The summed E-state index contributed by atoms with van der Waals surface area (Å²) in [6.07, 6.45) is 4.28. The fourth-order valence-electron chi connectivity index (χ4n) is 2.93. The molecule has 0 radical (unpaired) electrons. The summed E-state index contributed by atoms with van der Waals surface area (Å²) >= 11 is 5.97. The van der Waals surface area contributed by atoms with Crippen LogP contribution in [0.2, 0.25) is 5.02 Å². The van der Waals surface area contributed by atoms with Gasteiger partial charge in [-0.1, -0.05) is 36.6 Å². The van der Waals surface area contributed by atoms with E-state index >= 15 is 0 Å². The third-order valence-corrected chi connectivity index (χ3v) is 4.59. The van der Waals surface area contributed by atoms with Gasteiger partial charge in [-0.25, -0.2) is 4.98 Å². The van der Waals surface area contributed by atoms with Gasteiger partial charge in [-0.05, 0) is 49.6 Å². The third kappa shape index (κ3) is 4.37. The summed E-state index contributed by atoms with van der Waals surface area (Å²) in [5.41, 5.74) is 1.97. The monoisotopic (exact) mass is 357 g/mol. The molecule has 3 rings (SSSR count). The maximum atomic E-state index is 12.4. The van der Waals surface area contributed by atoms with Crippen LogP contribution in [0.25, 0.3) is 0 Å². The largest absolute Gasteiger partial charge is 0.348 e. The Hall–Kier alpha value is -2.40. The molecule has 6 heteroatoms. The van der Waals surface area contributed by atoms with Crippen molar-refractivity contribution in [2.45, 2.75) is 38.6 Å². The highest BCUT2D eigenvalue weighted by Crippen LogP contribution is 2.21. The van der Waals surface area contributed by atoms with Crippen molar-refractivity contribution in [3.05, 3.63) is 58.4 Å². The number of anilines is 1. The minimum Gasteiger partial charge on any atom is -0.348 e. The van der Waals surface area contributed by atoms with Crippen molar-refractivity contribution in [3.63, 3.8) is 0 Å². The van der Waals surface area contributed by atoms with Gasteiger partial charge in [0.05, 0.1) is 0 Å². The Morgan fingerprint density at radius 3 is 2.48 bits per heavy atom. The molecule has 1 aromatic heterocycles. The lowest BCUT2D eigenvalue weighted by Gasteiger charge is -2.12. The van der Waals surface area contributed by atoms with Gasteiger partial charge in [0.25, 0.3) is 11.8 Å². The third-order valence-electron chi connectivity index (χ3n) is 4.35. The maximum Gasteiger partial charge on any atom is 0.274 e. The molecule has 130 valence electrons. The number of amides is 2. The normalized spacial score (nSPS) is 14.3. The average Bonchev–Trinajstić information content (AvgIpc) is 3.11. The zero-order valence-corrected chi connectivity index (χ0v) is 14.8. The zero-order valence-electron chi connectivity index (χ0n) is 14.0. The number of hydrogen-bond donors (Lipinski definition) is 2. The number of pyridine rings is 1. The second-order valence-corrected chi connectivity index (χ2v) is 6.71. The van der Waals surface area contributed by atoms with Crippen LogP contribution in [-0.2, 0) is 0 Å². The van der Waals surface area contributed by atoms with Gasteiger partial charge in [-0.3, -0.25) is 9.59 Å². The molecule has 0 spiro atoms. The molecular weight excluding hydrogens is 338 g/mol. The summed E-state index contributed by atoms with van der Waals surface area (Å²) in [6, 6.07) is 10.4. The molecule has 1 fully saturated rings. The number of aromatic nitrogens is 1. The predicted molar refractivity (Wildman–Crippen MR) is 98.1 cm³/mol. The van der Waals surface area contributed by atoms with E-state index in [1.807, 2.05) is 13.0 Å². The van der Waals surface area contributed by atoms with Crippen molar-refractivity contribution in [2.75, 3.05) is 5.32 Å². The Labute approximate surface area is 151 Å². The minimum atomic E-state index is -0.374. The van der Waals surface area contributed by atoms with Gasteiger partial charge in [0, 0.05) is 16.8 Å². The summed E-state index contributed by atoms with van der Waals surface area (Å²) in [5.74, 6) is -0.610. The van der Waals surface area contributed by atoms with Crippen molar-refractivity contribution < 1.29 is 9.59 Å². The van der Waals surface area contributed by atoms with Crippen LogP contribution in [0.4, 0.5) is 5.69 Å². The van der Waals surface area contributed by atoms with E-state index < -0.39 is 0 Å². The number of aryl methyl sites for hydroxylation is 1. The van der Waals surface area contributed by atoms with Crippen LogP contribution in [0.5, 0.6) is 0 Å². The van der Waals surface area contributed by atoms with Gasteiger partial charge in [-0.2, -0.15) is 0 Å². The summed E-state index contributed by atoms with van der Waals surface area (Å²) in [7, 11) is 0. The van der Waals surface area contributed by atoms with Crippen molar-refractivity contribution in [3.8, 4) is 0 Å². The van der Waals surface area contributed by atoms with Crippen LogP contribution < -0.4 is 10.6 Å². The highest BCUT2D eigenvalue weighted by atomic mass is 35.5. The Morgan fingerprint density at radius 1 is 1.08 bits per heavy atom. The summed E-state index contributed by atoms with van der Waals surface area (Å²) in [4.78, 5) is 29.0. The minimum absolute atomic E-state index is 0.193. The number of rotatable bonds is 4. The van der Waals surface area contributed by atoms with Crippen LogP contribution in [-0.4, -0.2) is 22.8 Å². The lowest BCUT2D eigenvalue weighted by atomic mass is 10.2. The molecule has 1 saturated carbocycles. The molecule has 2 N–H and O–H groups in total. The molecule has 0 aliphatic heterocycles. The lowest BCUT2D eigenvalue weighted by molar-refractivity contribution is 0.0932. The molecule has 2 aromatic rings. The molecule has 1 aliphatic carbocycles. The number of hydrogen-bond acceptors (Lipinski definition) is 3. The van der Waals surface area contributed by atoms with Gasteiger partial charge >= 0.3 is 0 Å². The van der Waals surface area contributed by atoms with Crippen molar-refractivity contribution in [1.82, 2.24) is 10.3 Å². The molecule has 1 aromatic carbocycles. The first-order valence-electron chi connectivity index (χ1n) is 8.38. The quantitative estimate of drug-likeness (QED) is 0.869. The van der Waals surface area contributed by atoms with Crippen LogP contribution in [0.1, 0.15) is 52.2 Å². The van der Waals surface area contributed by atoms with Crippen LogP contribution in [0.15, 0.2) is 36.4 Å². The van der Waals surface area contributed by atoms with Gasteiger partial charge in [0.2, 0.25) is 0 Å². The number of benzene rings is 1.